The Balaban J connectivity index is 1.71. The van der Waals surface area contributed by atoms with Crippen LogP contribution in [0.5, 0.6) is 0 Å². The molecule has 1 aliphatic heterocycles. The van der Waals surface area contributed by atoms with E-state index in [1.54, 1.807) is 0 Å². The van der Waals surface area contributed by atoms with Gasteiger partial charge in [0.1, 0.15) is 0 Å². The van der Waals surface area contributed by atoms with Crippen molar-refractivity contribution in [3.63, 3.8) is 0 Å². The molecule has 122 valence electrons. The summed E-state index contributed by atoms with van der Waals surface area (Å²) in [7, 11) is 0. The van der Waals surface area contributed by atoms with Crippen molar-refractivity contribution in [1.82, 2.24) is 15.5 Å². The Morgan fingerprint density at radius 3 is 2.59 bits per heavy atom. The molecule has 1 aliphatic carbocycles. The van der Waals surface area contributed by atoms with E-state index < -0.39 is 11.8 Å². The molecule has 1 saturated carbocycles. The number of hydrogen-bond acceptors (Lipinski definition) is 5. The highest BCUT2D eigenvalue weighted by Crippen LogP contribution is 2.23. The first kappa shape index (κ1) is 16.8. The largest absolute Gasteiger partial charge is 0.346 e. The summed E-state index contributed by atoms with van der Waals surface area (Å²) in [6.45, 7) is 2.26. The fourth-order valence-corrected chi connectivity index (χ4v) is 3.47. The Morgan fingerprint density at radius 1 is 1.23 bits per heavy atom. The van der Waals surface area contributed by atoms with Gasteiger partial charge in [-0.1, -0.05) is 31.5 Å². The van der Waals surface area contributed by atoms with E-state index in [-0.39, 0.29) is 36.0 Å². The van der Waals surface area contributed by atoms with Crippen LogP contribution in [0.4, 0.5) is 4.79 Å². The fraction of sp³-hybridized carbons (Fsp3) is 0.714. The summed E-state index contributed by atoms with van der Waals surface area (Å²) in [4.78, 5) is 47.4. The van der Waals surface area contributed by atoms with Crippen LogP contribution in [0, 0.1) is 5.92 Å². The number of nitrogens with zero attached hydrogens (tertiary/aromatic N) is 1. The highest BCUT2D eigenvalue weighted by molar-refractivity contribution is 8.14. The lowest BCUT2D eigenvalue weighted by Gasteiger charge is -2.29. The fourth-order valence-electron chi connectivity index (χ4n) is 2.72. The molecule has 0 aromatic rings. The Kier molecular flexibility index (Phi) is 5.82. The molecule has 0 radical (unpaired) electrons. The van der Waals surface area contributed by atoms with E-state index in [1.807, 2.05) is 0 Å². The summed E-state index contributed by atoms with van der Waals surface area (Å²) in [6.07, 6.45) is 4.18. The predicted molar refractivity (Wildman–Crippen MR) is 82.1 cm³/mol. The van der Waals surface area contributed by atoms with Gasteiger partial charge in [0.2, 0.25) is 5.91 Å². The second-order valence-electron chi connectivity index (χ2n) is 5.70. The standard InChI is InChI=1S/C14H21N3O4S/c1-9-4-2-3-5-10(9)16-13(20)12(19)15-6-7-17-11(18)8-22-14(17)21/h9-10H,2-8H2,1H3,(H,15,19)(H,16,20). The maximum atomic E-state index is 11.8. The van der Waals surface area contributed by atoms with E-state index in [4.69, 9.17) is 0 Å². The number of carbonyl (C=O) groups is 4. The lowest BCUT2D eigenvalue weighted by molar-refractivity contribution is -0.140. The second kappa shape index (κ2) is 7.62. The average molecular weight is 327 g/mol. The van der Waals surface area contributed by atoms with Crippen LogP contribution in [0.2, 0.25) is 0 Å². The molecule has 2 N–H and O–H groups in total. The Morgan fingerprint density at radius 2 is 1.95 bits per heavy atom. The van der Waals surface area contributed by atoms with E-state index in [9.17, 15) is 19.2 Å². The first-order chi connectivity index (χ1) is 10.5. The van der Waals surface area contributed by atoms with Gasteiger partial charge in [0.15, 0.2) is 0 Å². The van der Waals surface area contributed by atoms with Crippen molar-refractivity contribution in [3.8, 4) is 0 Å². The summed E-state index contributed by atoms with van der Waals surface area (Å²) < 4.78 is 0. The molecule has 0 aromatic heterocycles. The van der Waals surface area contributed by atoms with Crippen molar-refractivity contribution >= 4 is 34.7 Å². The maximum Gasteiger partial charge on any atom is 0.309 e. The number of nitrogens with one attached hydrogen (secondary N) is 2. The zero-order chi connectivity index (χ0) is 16.1. The number of hydrogen-bond donors (Lipinski definition) is 2. The number of amides is 4. The number of thioether (sulfide) groups is 1. The van der Waals surface area contributed by atoms with E-state index in [0.717, 1.165) is 42.3 Å². The third kappa shape index (κ3) is 4.22. The summed E-state index contributed by atoms with van der Waals surface area (Å²) >= 11 is 0.948. The topological polar surface area (TPSA) is 95.6 Å². The number of rotatable bonds is 4. The minimum Gasteiger partial charge on any atom is -0.346 e. The van der Waals surface area contributed by atoms with Crippen LogP contribution >= 0.6 is 11.8 Å². The molecule has 7 nitrogen and oxygen atoms in total. The van der Waals surface area contributed by atoms with Crippen LogP contribution < -0.4 is 10.6 Å². The van der Waals surface area contributed by atoms with Crippen LogP contribution in [0.25, 0.3) is 0 Å². The van der Waals surface area contributed by atoms with Crippen molar-refractivity contribution in [3.05, 3.63) is 0 Å². The molecule has 1 saturated heterocycles. The van der Waals surface area contributed by atoms with Crippen molar-refractivity contribution in [1.29, 1.82) is 0 Å². The van der Waals surface area contributed by atoms with E-state index in [0.29, 0.717) is 5.92 Å². The average Bonchev–Trinajstić information content (AvgIpc) is 2.81. The van der Waals surface area contributed by atoms with E-state index in [1.165, 1.54) is 0 Å². The van der Waals surface area contributed by atoms with Crippen LogP contribution in [0.15, 0.2) is 0 Å². The van der Waals surface area contributed by atoms with Gasteiger partial charge in [-0.25, -0.2) is 0 Å². The molecule has 0 bridgehead atoms. The molecule has 8 heteroatoms. The van der Waals surface area contributed by atoms with Gasteiger partial charge in [-0.2, -0.15) is 0 Å². The molecule has 2 unspecified atom stereocenters. The first-order valence-electron chi connectivity index (χ1n) is 7.55. The number of imide groups is 1. The molecule has 0 spiro atoms. The zero-order valence-corrected chi connectivity index (χ0v) is 13.4. The summed E-state index contributed by atoms with van der Waals surface area (Å²) in [6, 6.07) is 0.0464. The molecule has 22 heavy (non-hydrogen) atoms. The normalized spacial score (nSPS) is 25.2. The lowest BCUT2D eigenvalue weighted by atomic mass is 9.86. The maximum absolute atomic E-state index is 11.8. The van der Waals surface area contributed by atoms with Crippen molar-refractivity contribution in [2.24, 2.45) is 5.92 Å². The SMILES string of the molecule is CC1CCCCC1NC(=O)C(=O)NCCN1C(=O)CSC1=O. The van der Waals surface area contributed by atoms with Gasteiger partial charge >= 0.3 is 11.8 Å². The van der Waals surface area contributed by atoms with Gasteiger partial charge in [-0.15, -0.1) is 0 Å². The third-order valence-corrected chi connectivity index (χ3v) is 4.95. The Hall–Kier alpha value is -1.57. The van der Waals surface area contributed by atoms with Crippen LogP contribution in [0.3, 0.4) is 0 Å². The first-order valence-corrected chi connectivity index (χ1v) is 8.53. The molecule has 2 rings (SSSR count). The van der Waals surface area contributed by atoms with Gasteiger partial charge in [-0.3, -0.25) is 24.1 Å². The van der Waals surface area contributed by atoms with Gasteiger partial charge in [0.25, 0.3) is 5.24 Å². The summed E-state index contributed by atoms with van der Waals surface area (Å²) in [5.74, 6) is -1.10. The summed E-state index contributed by atoms with van der Waals surface area (Å²) in [5.41, 5.74) is 0. The van der Waals surface area contributed by atoms with Gasteiger partial charge in [0.05, 0.1) is 5.75 Å². The molecule has 2 aliphatic rings. The molecule has 0 aromatic carbocycles. The molecular formula is C14H21N3O4S. The molecule has 4 amide bonds. The van der Waals surface area contributed by atoms with Crippen molar-refractivity contribution in [2.75, 3.05) is 18.8 Å². The number of carbonyl (C=O) groups excluding carboxylic acids is 4. The quantitative estimate of drug-likeness (QED) is 0.733. The third-order valence-electron chi connectivity index (χ3n) is 4.10. The Bertz CT molecular complexity index is 467. The molecule has 2 atom stereocenters. The minimum atomic E-state index is -0.718. The lowest BCUT2D eigenvalue weighted by Crippen LogP contribution is -2.49. The Labute approximate surface area is 133 Å². The molecule has 1 heterocycles. The van der Waals surface area contributed by atoms with E-state index in [2.05, 4.69) is 17.6 Å². The van der Waals surface area contributed by atoms with E-state index >= 15 is 0 Å². The smallest absolute Gasteiger partial charge is 0.309 e. The second-order valence-corrected chi connectivity index (χ2v) is 6.62. The predicted octanol–water partition coefficient (Wildman–Crippen LogP) is 0.493. The minimum absolute atomic E-state index is 0.0464. The van der Waals surface area contributed by atoms with Gasteiger partial charge in [-0.05, 0) is 18.8 Å². The molecular weight excluding hydrogens is 306 g/mol. The zero-order valence-electron chi connectivity index (χ0n) is 12.6. The molecule has 2 fully saturated rings. The highest BCUT2D eigenvalue weighted by Gasteiger charge is 2.30. The van der Waals surface area contributed by atoms with Gasteiger partial charge < -0.3 is 10.6 Å². The summed E-state index contributed by atoms with van der Waals surface area (Å²) in [5, 5.41) is 4.90. The van der Waals surface area contributed by atoms with Crippen LogP contribution in [0.1, 0.15) is 32.6 Å². The van der Waals surface area contributed by atoms with Crippen LogP contribution in [-0.2, 0) is 14.4 Å². The van der Waals surface area contributed by atoms with Crippen molar-refractivity contribution < 1.29 is 19.2 Å². The monoisotopic (exact) mass is 327 g/mol. The van der Waals surface area contributed by atoms with Crippen molar-refractivity contribution in [2.45, 2.75) is 38.6 Å². The van der Waals surface area contributed by atoms with Gasteiger partial charge in [0, 0.05) is 19.1 Å². The highest BCUT2D eigenvalue weighted by atomic mass is 32.2. The van der Waals surface area contributed by atoms with Crippen LogP contribution in [-0.4, -0.2) is 52.7 Å².